The zero-order valence-electron chi connectivity index (χ0n) is 16.9. The Morgan fingerprint density at radius 2 is 1.68 bits per heavy atom. The maximum absolute atomic E-state index is 5.99. The molecule has 0 bridgehead atoms. The van der Waals surface area contributed by atoms with Crippen molar-refractivity contribution >= 4 is 5.70 Å². The first kappa shape index (κ1) is 18.5. The number of aryl methyl sites for hydroxylation is 2. The van der Waals surface area contributed by atoms with Crippen LogP contribution < -0.4 is 5.48 Å². The molecule has 0 radical (unpaired) electrons. The van der Waals surface area contributed by atoms with E-state index < -0.39 is 0 Å². The molecule has 2 heteroatoms. The van der Waals surface area contributed by atoms with E-state index in [1.807, 2.05) is 0 Å². The SMILES string of the molecule is Cc1ccc(C(NOCc2cccc(-c3ccccc3)c2C)=C2CC2)c(C)c1. The van der Waals surface area contributed by atoms with Gasteiger partial charge in [0.1, 0.15) is 0 Å². The van der Waals surface area contributed by atoms with E-state index in [4.69, 9.17) is 4.84 Å². The number of benzene rings is 3. The Balaban J connectivity index is 1.50. The fourth-order valence-corrected chi connectivity index (χ4v) is 3.68. The summed E-state index contributed by atoms with van der Waals surface area (Å²) in [6.45, 7) is 7.01. The summed E-state index contributed by atoms with van der Waals surface area (Å²) < 4.78 is 0. The van der Waals surface area contributed by atoms with Crippen LogP contribution in [0.15, 0.2) is 72.3 Å². The molecule has 0 atom stereocenters. The van der Waals surface area contributed by atoms with E-state index in [0.717, 1.165) is 18.5 Å². The van der Waals surface area contributed by atoms with Crippen molar-refractivity contribution in [2.75, 3.05) is 0 Å². The highest BCUT2D eigenvalue weighted by atomic mass is 16.6. The van der Waals surface area contributed by atoms with Crippen LogP contribution in [0, 0.1) is 20.8 Å². The van der Waals surface area contributed by atoms with Crippen molar-refractivity contribution in [2.45, 2.75) is 40.2 Å². The van der Waals surface area contributed by atoms with E-state index in [9.17, 15) is 0 Å². The summed E-state index contributed by atoms with van der Waals surface area (Å²) >= 11 is 0. The minimum Gasteiger partial charge on any atom is -0.271 e. The second-order valence-electron chi connectivity index (χ2n) is 7.64. The Kier molecular flexibility index (Phi) is 5.31. The predicted octanol–water partition coefficient (Wildman–Crippen LogP) is 6.51. The van der Waals surface area contributed by atoms with Gasteiger partial charge in [-0.3, -0.25) is 10.3 Å². The normalized spacial score (nSPS) is 12.8. The third kappa shape index (κ3) is 4.02. The van der Waals surface area contributed by atoms with Crippen LogP contribution in [0.5, 0.6) is 0 Å². The molecule has 1 saturated carbocycles. The lowest BCUT2D eigenvalue weighted by molar-refractivity contribution is 0.0641. The molecule has 142 valence electrons. The molecule has 1 aliphatic carbocycles. The monoisotopic (exact) mass is 369 g/mol. The first-order valence-electron chi connectivity index (χ1n) is 9.95. The zero-order chi connectivity index (χ0) is 19.5. The standard InChI is InChI=1S/C26H27NO/c1-18-12-15-24(19(2)16-18)26(22-13-14-22)27-28-17-23-10-7-11-25(20(23)3)21-8-5-4-6-9-21/h4-12,15-16,27H,13-14,17H2,1-3H3. The quantitative estimate of drug-likeness (QED) is 0.500. The summed E-state index contributed by atoms with van der Waals surface area (Å²) in [6, 6.07) is 23.5. The van der Waals surface area contributed by atoms with Gasteiger partial charge in [-0.15, -0.1) is 0 Å². The molecule has 0 saturated heterocycles. The van der Waals surface area contributed by atoms with Crippen LogP contribution in [-0.2, 0) is 11.4 Å². The third-order valence-corrected chi connectivity index (χ3v) is 5.44. The Bertz CT molecular complexity index is 1010. The summed E-state index contributed by atoms with van der Waals surface area (Å²) in [5.41, 5.74) is 14.7. The summed E-state index contributed by atoms with van der Waals surface area (Å²) in [6.07, 6.45) is 2.31. The smallest absolute Gasteiger partial charge is 0.0999 e. The van der Waals surface area contributed by atoms with E-state index in [-0.39, 0.29) is 0 Å². The highest BCUT2D eigenvalue weighted by Crippen LogP contribution is 2.36. The molecular weight excluding hydrogens is 342 g/mol. The average molecular weight is 370 g/mol. The number of rotatable bonds is 6. The van der Waals surface area contributed by atoms with Crippen LogP contribution in [0.2, 0.25) is 0 Å². The van der Waals surface area contributed by atoms with Gasteiger partial charge < -0.3 is 0 Å². The Hall–Kier alpha value is -2.84. The highest BCUT2D eigenvalue weighted by molar-refractivity contribution is 5.72. The largest absolute Gasteiger partial charge is 0.271 e. The number of hydrogen-bond acceptors (Lipinski definition) is 2. The molecule has 3 aromatic rings. The number of hydroxylamine groups is 1. The van der Waals surface area contributed by atoms with Gasteiger partial charge in [0.05, 0.1) is 12.3 Å². The molecule has 1 fully saturated rings. The van der Waals surface area contributed by atoms with E-state index in [0.29, 0.717) is 6.61 Å². The molecule has 28 heavy (non-hydrogen) atoms. The molecule has 0 heterocycles. The summed E-state index contributed by atoms with van der Waals surface area (Å²) in [4.78, 5) is 5.99. The second kappa shape index (κ2) is 8.04. The van der Waals surface area contributed by atoms with Gasteiger partial charge in [-0.05, 0) is 67.0 Å². The molecule has 3 aromatic carbocycles. The summed E-state index contributed by atoms with van der Waals surface area (Å²) in [7, 11) is 0. The van der Waals surface area contributed by atoms with Crippen molar-refractivity contribution in [2.24, 2.45) is 0 Å². The first-order chi connectivity index (χ1) is 13.6. The molecule has 0 aromatic heterocycles. The van der Waals surface area contributed by atoms with E-state index in [2.05, 4.69) is 93.0 Å². The second-order valence-corrected chi connectivity index (χ2v) is 7.64. The fourth-order valence-electron chi connectivity index (χ4n) is 3.68. The van der Waals surface area contributed by atoms with Gasteiger partial charge in [0, 0.05) is 5.56 Å². The third-order valence-electron chi connectivity index (χ3n) is 5.44. The predicted molar refractivity (Wildman–Crippen MR) is 117 cm³/mol. The van der Waals surface area contributed by atoms with Gasteiger partial charge in [0.25, 0.3) is 0 Å². The molecule has 1 N–H and O–H groups in total. The Morgan fingerprint density at radius 1 is 0.893 bits per heavy atom. The van der Waals surface area contributed by atoms with Crippen LogP contribution in [-0.4, -0.2) is 0 Å². The van der Waals surface area contributed by atoms with Gasteiger partial charge in [-0.2, -0.15) is 0 Å². The molecule has 0 spiro atoms. The maximum atomic E-state index is 5.99. The van der Waals surface area contributed by atoms with Crippen molar-refractivity contribution in [3.8, 4) is 11.1 Å². The maximum Gasteiger partial charge on any atom is 0.0999 e. The number of allylic oxidation sites excluding steroid dienone is 1. The highest BCUT2D eigenvalue weighted by Gasteiger charge is 2.20. The first-order valence-corrected chi connectivity index (χ1v) is 9.95. The summed E-state index contributed by atoms with van der Waals surface area (Å²) in [5.74, 6) is 0. The summed E-state index contributed by atoms with van der Waals surface area (Å²) in [5, 5.41) is 0. The van der Waals surface area contributed by atoms with Gasteiger partial charge in [-0.25, -0.2) is 0 Å². The van der Waals surface area contributed by atoms with Crippen LogP contribution in [0.1, 0.15) is 40.7 Å². The Morgan fingerprint density at radius 3 is 2.39 bits per heavy atom. The van der Waals surface area contributed by atoms with Crippen LogP contribution in [0.3, 0.4) is 0 Å². The zero-order valence-corrected chi connectivity index (χ0v) is 16.9. The Labute approximate surface area is 167 Å². The minimum absolute atomic E-state index is 0.536. The minimum atomic E-state index is 0.536. The van der Waals surface area contributed by atoms with Crippen molar-refractivity contribution < 1.29 is 4.84 Å². The molecule has 0 amide bonds. The molecule has 4 rings (SSSR count). The van der Waals surface area contributed by atoms with Crippen molar-refractivity contribution in [1.82, 2.24) is 5.48 Å². The van der Waals surface area contributed by atoms with Crippen LogP contribution in [0.25, 0.3) is 16.8 Å². The molecule has 1 aliphatic rings. The van der Waals surface area contributed by atoms with Crippen LogP contribution >= 0.6 is 0 Å². The van der Waals surface area contributed by atoms with Crippen molar-refractivity contribution in [3.05, 3.63) is 100 Å². The number of nitrogens with one attached hydrogen (secondary N) is 1. The average Bonchev–Trinajstić information content (AvgIpc) is 3.53. The van der Waals surface area contributed by atoms with Gasteiger partial charge in [-0.1, -0.05) is 72.3 Å². The van der Waals surface area contributed by atoms with Crippen molar-refractivity contribution in [3.63, 3.8) is 0 Å². The molecule has 0 aliphatic heterocycles. The fraction of sp³-hybridized carbons (Fsp3) is 0.231. The molecule has 0 unspecified atom stereocenters. The van der Waals surface area contributed by atoms with E-state index in [1.165, 1.54) is 44.5 Å². The van der Waals surface area contributed by atoms with Crippen LogP contribution in [0.4, 0.5) is 0 Å². The topological polar surface area (TPSA) is 21.3 Å². The van der Waals surface area contributed by atoms with Gasteiger partial charge >= 0.3 is 0 Å². The van der Waals surface area contributed by atoms with E-state index >= 15 is 0 Å². The molecule has 2 nitrogen and oxygen atoms in total. The number of hydrogen-bond donors (Lipinski definition) is 1. The lowest BCUT2D eigenvalue weighted by Gasteiger charge is -2.16. The van der Waals surface area contributed by atoms with Gasteiger partial charge in [0.15, 0.2) is 0 Å². The lowest BCUT2D eigenvalue weighted by Crippen LogP contribution is -2.14. The van der Waals surface area contributed by atoms with E-state index in [1.54, 1.807) is 0 Å². The van der Waals surface area contributed by atoms with Gasteiger partial charge in [0.2, 0.25) is 0 Å². The van der Waals surface area contributed by atoms with Crippen molar-refractivity contribution in [1.29, 1.82) is 0 Å². The molecular formula is C26H27NO. The lowest BCUT2D eigenvalue weighted by atomic mass is 9.97.